The van der Waals surface area contributed by atoms with Crippen LogP contribution in [-0.4, -0.2) is 8.75 Å². The Hall–Kier alpha value is 2.11. The van der Waals surface area contributed by atoms with Crippen LogP contribution >= 0.6 is 47.8 Å². The van der Waals surface area contributed by atoms with Crippen molar-refractivity contribution in [1.29, 1.82) is 0 Å². The Labute approximate surface area is 79.8 Å². The molecule has 1 nitrogen and oxygen atoms in total. The fourth-order valence-electron chi connectivity index (χ4n) is 0.0273. The van der Waals surface area contributed by atoms with E-state index in [1.165, 1.54) is 0 Å². The van der Waals surface area contributed by atoms with Crippen molar-refractivity contribution in [2.75, 3.05) is 5.33 Å². The quantitative estimate of drug-likeness (QED) is 0.558. The van der Waals surface area contributed by atoms with E-state index in [1.807, 2.05) is 0 Å². The first-order chi connectivity index (χ1) is 3.12. The third-order valence-corrected chi connectivity index (χ3v) is 4.96. The van der Waals surface area contributed by atoms with Gasteiger partial charge in [-0.2, -0.15) is 0 Å². The van der Waals surface area contributed by atoms with Crippen LogP contribution in [0.5, 0.6) is 0 Å². The molecule has 7 heavy (non-hydrogen) atoms. The summed E-state index contributed by atoms with van der Waals surface area (Å²) in [6, 6.07) is 0. The van der Waals surface area contributed by atoms with Gasteiger partial charge in [-0.25, -0.2) is 0 Å². The van der Waals surface area contributed by atoms with E-state index in [1.54, 1.807) is 20.8 Å². The Bertz CT molecular complexity index is 50.9. The Morgan fingerprint density at radius 2 is 2.00 bits per heavy atom. The summed E-state index contributed by atoms with van der Waals surface area (Å²) in [5, 5.41) is 0.719. The summed E-state index contributed by atoms with van der Waals surface area (Å²) in [5.41, 5.74) is 0. The van der Waals surface area contributed by atoms with E-state index < -0.39 is 0 Å². The van der Waals surface area contributed by atoms with E-state index in [4.69, 9.17) is 3.32 Å². The fourth-order valence-corrected chi connectivity index (χ4v) is 0.584. The number of alkyl halides is 3. The molecule has 0 aromatic heterocycles. The van der Waals surface area contributed by atoms with Crippen LogP contribution in [0.2, 0.25) is 0 Å². The van der Waals surface area contributed by atoms with Crippen LogP contribution in [-0.2, 0) is 24.1 Å². The van der Waals surface area contributed by atoms with Gasteiger partial charge in [0.05, 0.1) is 0 Å². The van der Waals surface area contributed by atoms with Gasteiger partial charge < -0.3 is 0 Å². The molecule has 0 spiro atoms. The number of rotatable bonds is 2. The van der Waals surface area contributed by atoms with Crippen molar-refractivity contribution in [2.45, 2.75) is 3.42 Å². The van der Waals surface area contributed by atoms with Crippen LogP contribution in [0.25, 0.3) is 0 Å². The van der Waals surface area contributed by atoms with Crippen molar-refractivity contribution in [3.63, 3.8) is 0 Å². The normalized spacial score (nSPS) is 11.7. The van der Waals surface area contributed by atoms with E-state index in [0.717, 1.165) is 5.33 Å². The molecular formula is C2H2Br3OTi. The Morgan fingerprint density at radius 3 is 2.00 bits per heavy atom. The molecule has 0 saturated heterocycles. The average Bonchev–Trinajstić information content (AvgIpc) is 1.68. The van der Waals surface area contributed by atoms with Gasteiger partial charge in [0.1, 0.15) is 0 Å². The van der Waals surface area contributed by atoms with Crippen molar-refractivity contribution in [1.82, 2.24) is 0 Å². The van der Waals surface area contributed by atoms with Gasteiger partial charge in [-0.3, -0.25) is 0 Å². The van der Waals surface area contributed by atoms with E-state index in [-0.39, 0.29) is 3.42 Å². The van der Waals surface area contributed by atoms with Crippen LogP contribution in [0.3, 0.4) is 0 Å². The molecule has 0 amide bonds. The zero-order valence-corrected chi connectivity index (χ0v) is 9.57. The summed E-state index contributed by atoms with van der Waals surface area (Å²) < 4.78 is 4.50. The van der Waals surface area contributed by atoms with E-state index >= 15 is 0 Å². The van der Waals surface area contributed by atoms with Gasteiger partial charge in [0.2, 0.25) is 0 Å². The summed E-state index contributed by atoms with van der Waals surface area (Å²) in [6.45, 7) is 0. The molecule has 0 heterocycles. The van der Waals surface area contributed by atoms with Gasteiger partial charge >= 0.3 is 80.7 Å². The zero-order chi connectivity index (χ0) is 5.91. The second-order valence-electron chi connectivity index (χ2n) is 0.873. The zero-order valence-electron chi connectivity index (χ0n) is 3.25. The molecule has 41 valence electrons. The van der Waals surface area contributed by atoms with Gasteiger partial charge in [0, 0.05) is 0 Å². The first kappa shape index (κ1) is 9.11. The predicted molar refractivity (Wildman–Crippen MR) is 35.5 cm³/mol. The Morgan fingerprint density at radius 1 is 1.57 bits per heavy atom. The summed E-state index contributed by atoms with van der Waals surface area (Å²) in [4.78, 5) is 0. The minimum absolute atomic E-state index is 0.375. The third-order valence-electron chi connectivity index (χ3n) is 0.305. The van der Waals surface area contributed by atoms with E-state index in [9.17, 15) is 0 Å². The molecule has 0 aliphatic carbocycles. The standard InChI is InChI=1S/C2H2Br3O.Ti/c3-1-2(4,5)6;/h1H2;/q-1;+1. The van der Waals surface area contributed by atoms with E-state index in [0.29, 0.717) is 0 Å². The Balaban J connectivity index is 3.36. The summed E-state index contributed by atoms with van der Waals surface area (Å²) >= 11 is 11.3. The van der Waals surface area contributed by atoms with Crippen LogP contribution < -0.4 is 0 Å². The first-order valence-electron chi connectivity index (χ1n) is 1.41. The SMILES string of the molecule is [Ti][O]C(Br)(Br)CBr. The maximum atomic E-state index is 4.87. The second-order valence-corrected chi connectivity index (χ2v) is 5.38. The van der Waals surface area contributed by atoms with Gasteiger partial charge in [-0.15, -0.1) is 0 Å². The topological polar surface area (TPSA) is 9.23 Å². The molecule has 0 aliphatic rings. The molecule has 0 N–H and O–H groups in total. The molecule has 0 saturated carbocycles. The molecule has 0 rings (SSSR count). The fraction of sp³-hybridized carbons (Fsp3) is 1.00. The molecule has 0 fully saturated rings. The van der Waals surface area contributed by atoms with Crippen molar-refractivity contribution in [3.8, 4) is 0 Å². The molecule has 0 aromatic carbocycles. The van der Waals surface area contributed by atoms with Crippen LogP contribution in [0, 0.1) is 0 Å². The molecule has 0 unspecified atom stereocenters. The van der Waals surface area contributed by atoms with Crippen molar-refractivity contribution >= 4 is 47.8 Å². The average molecular weight is 330 g/mol. The third kappa shape index (κ3) is 4.61. The molecule has 0 atom stereocenters. The van der Waals surface area contributed by atoms with Gasteiger partial charge in [-0.1, -0.05) is 0 Å². The minimum atomic E-state index is -0.375. The predicted octanol–water partition coefficient (Wildman–Crippen LogP) is 2.30. The van der Waals surface area contributed by atoms with Crippen molar-refractivity contribution in [3.05, 3.63) is 0 Å². The number of hydrogen-bond acceptors (Lipinski definition) is 1. The summed E-state index contributed by atoms with van der Waals surface area (Å²) in [6.07, 6.45) is 0. The Kier molecular flexibility index (Phi) is 5.23. The molecule has 5 heteroatoms. The molecule has 0 radical (unpaired) electrons. The number of halogens is 3. The van der Waals surface area contributed by atoms with Gasteiger partial charge in [-0.05, 0) is 0 Å². The summed E-state index contributed by atoms with van der Waals surface area (Å²) in [7, 11) is 0. The first-order valence-corrected chi connectivity index (χ1v) is 4.75. The van der Waals surface area contributed by atoms with Gasteiger partial charge in [0.15, 0.2) is 0 Å². The van der Waals surface area contributed by atoms with Crippen molar-refractivity contribution < 1.29 is 24.1 Å². The maximum absolute atomic E-state index is 4.87. The monoisotopic (exact) mass is 327 g/mol. The molecule has 0 aromatic rings. The molecular weight excluding hydrogens is 328 g/mol. The van der Waals surface area contributed by atoms with Gasteiger partial charge in [0.25, 0.3) is 0 Å². The van der Waals surface area contributed by atoms with Crippen LogP contribution in [0.15, 0.2) is 0 Å². The number of hydrogen-bond donors (Lipinski definition) is 0. The molecule has 0 aliphatic heterocycles. The van der Waals surface area contributed by atoms with Crippen LogP contribution in [0.4, 0.5) is 0 Å². The molecule has 0 bridgehead atoms. The van der Waals surface area contributed by atoms with Crippen molar-refractivity contribution in [2.24, 2.45) is 0 Å². The summed E-state index contributed by atoms with van der Waals surface area (Å²) in [5.74, 6) is 0. The van der Waals surface area contributed by atoms with Crippen LogP contribution in [0.1, 0.15) is 0 Å². The van der Waals surface area contributed by atoms with E-state index in [2.05, 4.69) is 47.8 Å². The second kappa shape index (κ2) is 4.01.